The maximum Gasteiger partial charge on any atom is 0.446 e. The second-order valence-electron chi connectivity index (χ2n) is 4.76. The average Bonchev–Trinajstić information content (AvgIpc) is 2.38. The molecule has 0 heterocycles. The highest BCUT2D eigenvalue weighted by Gasteiger charge is 2.29. The van der Waals surface area contributed by atoms with Gasteiger partial charge in [0.15, 0.2) is 0 Å². The molecule has 0 aliphatic carbocycles. The molecule has 1 aromatic carbocycles. The summed E-state index contributed by atoms with van der Waals surface area (Å²) in [5.41, 5.74) is -3.42. The fourth-order valence-corrected chi connectivity index (χ4v) is 2.37. The largest absolute Gasteiger partial charge is 0.481 e. The average molecular weight is 321 g/mol. The molecule has 0 saturated carbocycles. The number of hydrogen-bond donors (Lipinski definition) is 1. The minimum Gasteiger partial charge on any atom is -0.481 e. The third kappa shape index (κ3) is 6.86. The van der Waals surface area contributed by atoms with Crippen molar-refractivity contribution in [1.82, 2.24) is 4.90 Å². The zero-order valence-corrected chi connectivity index (χ0v) is 12.7. The van der Waals surface area contributed by atoms with E-state index in [1.165, 1.54) is 12.1 Å². The van der Waals surface area contributed by atoms with Crippen molar-refractivity contribution in [2.24, 2.45) is 5.92 Å². The van der Waals surface area contributed by atoms with Crippen LogP contribution in [0.2, 0.25) is 0 Å². The van der Waals surface area contributed by atoms with Crippen molar-refractivity contribution in [3.63, 3.8) is 0 Å². The molecule has 7 heteroatoms. The second-order valence-corrected chi connectivity index (χ2v) is 5.90. The lowest BCUT2D eigenvalue weighted by Crippen LogP contribution is -2.31. The molecule has 118 valence electrons. The van der Waals surface area contributed by atoms with Crippen LogP contribution in [0, 0.1) is 5.92 Å². The van der Waals surface area contributed by atoms with Gasteiger partial charge in [-0.15, -0.1) is 0 Å². The number of aliphatic carboxylic acids is 1. The smallest absolute Gasteiger partial charge is 0.446 e. The summed E-state index contributed by atoms with van der Waals surface area (Å²) in [4.78, 5) is 12.9. The van der Waals surface area contributed by atoms with Crippen molar-refractivity contribution < 1.29 is 23.1 Å². The first-order chi connectivity index (χ1) is 9.71. The molecular formula is C14H18F3NO2S. The first-order valence-electron chi connectivity index (χ1n) is 6.51. The van der Waals surface area contributed by atoms with Gasteiger partial charge in [0.05, 0.1) is 5.92 Å². The van der Waals surface area contributed by atoms with Crippen molar-refractivity contribution >= 4 is 17.7 Å². The Hall–Kier alpha value is -1.21. The highest BCUT2D eigenvalue weighted by Crippen LogP contribution is 2.36. The first-order valence-corrected chi connectivity index (χ1v) is 7.32. The number of hydrogen-bond acceptors (Lipinski definition) is 3. The molecule has 0 radical (unpaired) electrons. The second kappa shape index (κ2) is 7.70. The summed E-state index contributed by atoms with van der Waals surface area (Å²) in [5, 5.41) is 8.90. The monoisotopic (exact) mass is 321 g/mol. The van der Waals surface area contributed by atoms with E-state index in [-0.39, 0.29) is 16.7 Å². The lowest BCUT2D eigenvalue weighted by Gasteiger charge is -2.22. The predicted octanol–water partition coefficient (Wildman–Crippen LogP) is 3.84. The molecule has 1 atom stereocenters. The number of rotatable bonds is 7. The zero-order valence-electron chi connectivity index (χ0n) is 11.9. The lowest BCUT2D eigenvalue weighted by atomic mass is 10.1. The van der Waals surface area contributed by atoms with Crippen LogP contribution in [0.3, 0.4) is 0 Å². The van der Waals surface area contributed by atoms with Crippen molar-refractivity contribution in [3.05, 3.63) is 29.8 Å². The summed E-state index contributed by atoms with van der Waals surface area (Å²) in [7, 11) is 0. The van der Waals surface area contributed by atoms with Gasteiger partial charge in [-0.2, -0.15) is 13.2 Å². The Bertz CT molecular complexity index is 462. The van der Waals surface area contributed by atoms with E-state index < -0.39 is 17.4 Å². The lowest BCUT2D eigenvalue weighted by molar-refractivity contribution is -0.141. The van der Waals surface area contributed by atoms with Gasteiger partial charge in [0.1, 0.15) is 0 Å². The van der Waals surface area contributed by atoms with Crippen LogP contribution < -0.4 is 0 Å². The fraction of sp³-hybridized carbons (Fsp3) is 0.500. The van der Waals surface area contributed by atoms with E-state index in [0.29, 0.717) is 19.6 Å². The third-order valence-corrected chi connectivity index (χ3v) is 3.70. The number of nitrogens with zero attached hydrogens (tertiary/aromatic N) is 1. The maximum absolute atomic E-state index is 12.2. The fourth-order valence-electron chi connectivity index (χ4n) is 1.83. The Morgan fingerprint density at radius 3 is 2.33 bits per heavy atom. The van der Waals surface area contributed by atoms with Crippen LogP contribution in [0.15, 0.2) is 29.2 Å². The molecule has 21 heavy (non-hydrogen) atoms. The van der Waals surface area contributed by atoms with Crippen LogP contribution in [0.25, 0.3) is 0 Å². The summed E-state index contributed by atoms with van der Waals surface area (Å²) >= 11 is -0.143. The Labute approximate surface area is 126 Å². The molecule has 3 nitrogen and oxygen atoms in total. The van der Waals surface area contributed by atoms with Gasteiger partial charge in [0.25, 0.3) is 0 Å². The van der Waals surface area contributed by atoms with Crippen LogP contribution in [-0.2, 0) is 11.3 Å². The molecule has 1 rings (SSSR count). The van der Waals surface area contributed by atoms with Crippen molar-refractivity contribution in [2.45, 2.75) is 30.8 Å². The van der Waals surface area contributed by atoms with E-state index in [1.54, 1.807) is 19.1 Å². The Balaban J connectivity index is 2.63. The highest BCUT2D eigenvalue weighted by atomic mass is 32.2. The van der Waals surface area contributed by atoms with Crippen LogP contribution in [-0.4, -0.2) is 34.6 Å². The van der Waals surface area contributed by atoms with E-state index >= 15 is 0 Å². The Morgan fingerprint density at radius 2 is 1.90 bits per heavy atom. The summed E-state index contributed by atoms with van der Waals surface area (Å²) in [5.74, 6) is -1.34. The number of alkyl halides is 3. The molecule has 0 spiro atoms. The SMILES string of the molecule is CCN(Cc1ccc(SC(F)(F)F)cc1)CC(C)C(=O)O. The van der Waals surface area contributed by atoms with Gasteiger partial charge in [-0.25, -0.2) is 0 Å². The number of halogens is 3. The van der Waals surface area contributed by atoms with Crippen molar-refractivity contribution in [3.8, 4) is 0 Å². The van der Waals surface area contributed by atoms with Crippen LogP contribution in [0.1, 0.15) is 19.4 Å². The van der Waals surface area contributed by atoms with Crippen LogP contribution in [0.5, 0.6) is 0 Å². The molecule has 0 bridgehead atoms. The van der Waals surface area contributed by atoms with Gasteiger partial charge in [-0.1, -0.05) is 26.0 Å². The highest BCUT2D eigenvalue weighted by molar-refractivity contribution is 8.00. The molecule has 0 amide bonds. The van der Waals surface area contributed by atoms with E-state index in [4.69, 9.17) is 5.11 Å². The molecule has 0 saturated heterocycles. The normalized spacial score (nSPS) is 13.4. The van der Waals surface area contributed by atoms with Gasteiger partial charge >= 0.3 is 11.5 Å². The van der Waals surface area contributed by atoms with E-state index in [9.17, 15) is 18.0 Å². The molecule has 0 aliphatic rings. The quantitative estimate of drug-likeness (QED) is 0.775. The third-order valence-electron chi connectivity index (χ3n) is 2.96. The van der Waals surface area contributed by atoms with E-state index in [2.05, 4.69) is 0 Å². The zero-order chi connectivity index (χ0) is 16.0. The Kier molecular flexibility index (Phi) is 6.54. The van der Waals surface area contributed by atoms with E-state index in [1.807, 2.05) is 11.8 Å². The van der Waals surface area contributed by atoms with Crippen LogP contribution in [0.4, 0.5) is 13.2 Å². The number of carboxylic acids is 1. The van der Waals surface area contributed by atoms with Gasteiger partial charge in [0, 0.05) is 18.0 Å². The number of thioether (sulfide) groups is 1. The minimum absolute atomic E-state index is 0.143. The summed E-state index contributed by atoms with van der Waals surface area (Å²) in [6, 6.07) is 6.15. The maximum atomic E-state index is 12.2. The minimum atomic E-state index is -4.28. The molecule has 0 aliphatic heterocycles. The molecule has 1 aromatic rings. The molecule has 0 aromatic heterocycles. The summed E-state index contributed by atoms with van der Waals surface area (Å²) in [6.45, 7) is 5.16. The topological polar surface area (TPSA) is 40.5 Å². The number of benzene rings is 1. The van der Waals surface area contributed by atoms with Gasteiger partial charge in [-0.05, 0) is 36.0 Å². The predicted molar refractivity (Wildman–Crippen MR) is 76.1 cm³/mol. The van der Waals surface area contributed by atoms with Gasteiger partial charge in [0.2, 0.25) is 0 Å². The van der Waals surface area contributed by atoms with Crippen molar-refractivity contribution in [1.29, 1.82) is 0 Å². The molecule has 1 N–H and O–H groups in total. The molecule has 0 fully saturated rings. The van der Waals surface area contributed by atoms with Gasteiger partial charge < -0.3 is 5.11 Å². The van der Waals surface area contributed by atoms with Crippen molar-refractivity contribution in [2.75, 3.05) is 13.1 Å². The molecular weight excluding hydrogens is 303 g/mol. The Morgan fingerprint density at radius 1 is 1.33 bits per heavy atom. The van der Waals surface area contributed by atoms with Crippen LogP contribution >= 0.6 is 11.8 Å². The number of carboxylic acid groups (broad SMARTS) is 1. The summed E-state index contributed by atoms with van der Waals surface area (Å²) < 4.78 is 36.7. The van der Waals surface area contributed by atoms with Gasteiger partial charge in [-0.3, -0.25) is 9.69 Å². The standard InChI is InChI=1S/C14H18F3NO2S/c1-3-18(8-10(2)13(19)20)9-11-4-6-12(7-5-11)21-14(15,16)17/h4-7,10H,3,8-9H2,1-2H3,(H,19,20). The van der Waals surface area contributed by atoms with E-state index in [0.717, 1.165) is 5.56 Å². The first kappa shape index (κ1) is 17.8. The summed E-state index contributed by atoms with van der Waals surface area (Å²) in [6.07, 6.45) is 0. The molecule has 1 unspecified atom stereocenters. The number of carbonyl (C=O) groups is 1.